The van der Waals surface area contributed by atoms with Crippen molar-refractivity contribution in [2.24, 2.45) is 5.11 Å². The van der Waals surface area contributed by atoms with Crippen LogP contribution in [-0.4, -0.2) is 54.2 Å². The number of nitrogens with zero attached hydrogens (tertiary/aromatic N) is 4. The van der Waals surface area contributed by atoms with Crippen LogP contribution < -0.4 is 0 Å². The Labute approximate surface area is 97.8 Å². The Morgan fingerprint density at radius 2 is 2.47 bits per heavy atom. The van der Waals surface area contributed by atoms with Gasteiger partial charge in [0.15, 0.2) is 6.04 Å². The van der Waals surface area contributed by atoms with Gasteiger partial charge >= 0.3 is 5.97 Å². The molecule has 1 rings (SSSR count). The Morgan fingerprint density at radius 1 is 1.76 bits per heavy atom. The number of aliphatic hydroxyl groups excluding tert-OH is 1. The zero-order valence-corrected chi connectivity index (χ0v) is 9.44. The fourth-order valence-electron chi connectivity index (χ4n) is 1.63. The van der Waals surface area contributed by atoms with Gasteiger partial charge in [0.25, 0.3) is 0 Å². The summed E-state index contributed by atoms with van der Waals surface area (Å²) in [5, 5.41) is 13.1. The molecule has 0 aliphatic carbocycles. The molecular formula is C9H14N4O4. The zero-order valence-electron chi connectivity index (χ0n) is 9.44. The highest BCUT2D eigenvalue weighted by Gasteiger charge is 2.40. The van der Waals surface area contributed by atoms with Crippen LogP contribution in [0.1, 0.15) is 12.8 Å². The number of likely N-dealkylation sites (tertiary alicyclic amines) is 1. The molecule has 0 spiro atoms. The number of carbonyl (C=O) groups is 2. The van der Waals surface area contributed by atoms with E-state index < -0.39 is 18.1 Å². The van der Waals surface area contributed by atoms with Crippen LogP contribution >= 0.6 is 0 Å². The van der Waals surface area contributed by atoms with Crippen LogP contribution in [0.3, 0.4) is 0 Å². The van der Waals surface area contributed by atoms with Crippen LogP contribution in [0.4, 0.5) is 0 Å². The molecule has 1 aliphatic rings. The first-order valence-corrected chi connectivity index (χ1v) is 5.18. The molecule has 8 nitrogen and oxygen atoms in total. The summed E-state index contributed by atoms with van der Waals surface area (Å²) in [7, 11) is 1.19. The lowest BCUT2D eigenvalue weighted by Crippen LogP contribution is -2.58. The number of azide groups is 1. The van der Waals surface area contributed by atoms with Crippen LogP contribution in [0, 0.1) is 0 Å². The van der Waals surface area contributed by atoms with E-state index in [1.165, 1.54) is 12.0 Å². The predicted molar refractivity (Wildman–Crippen MR) is 56.8 cm³/mol. The molecule has 0 unspecified atom stereocenters. The molecule has 0 radical (unpaired) electrons. The maximum atomic E-state index is 11.5. The molecule has 8 heteroatoms. The van der Waals surface area contributed by atoms with Crippen LogP contribution in [0.25, 0.3) is 10.4 Å². The molecule has 0 bridgehead atoms. The second-order valence-corrected chi connectivity index (χ2v) is 3.62. The van der Waals surface area contributed by atoms with E-state index in [0.717, 1.165) is 0 Å². The minimum atomic E-state index is -1.09. The Balaban J connectivity index is 2.64. The molecule has 1 N–H and O–H groups in total. The van der Waals surface area contributed by atoms with Gasteiger partial charge in [-0.15, -0.1) is 0 Å². The molecular weight excluding hydrogens is 228 g/mol. The van der Waals surface area contributed by atoms with Gasteiger partial charge in [0.2, 0.25) is 5.91 Å². The number of carbonyl (C=O) groups excluding carboxylic acids is 2. The highest BCUT2D eigenvalue weighted by molar-refractivity contribution is 5.88. The maximum Gasteiger partial charge on any atom is 0.331 e. The summed E-state index contributed by atoms with van der Waals surface area (Å²) in [6.45, 7) is 0.490. The number of hydrogen-bond acceptors (Lipinski definition) is 5. The zero-order chi connectivity index (χ0) is 12.8. The van der Waals surface area contributed by atoms with Gasteiger partial charge in [0.05, 0.1) is 13.2 Å². The molecule has 0 aromatic rings. The van der Waals surface area contributed by atoms with E-state index >= 15 is 0 Å². The molecule has 0 aromatic carbocycles. The number of amides is 1. The first-order valence-electron chi connectivity index (χ1n) is 5.18. The van der Waals surface area contributed by atoms with Gasteiger partial charge in [-0.25, -0.2) is 4.79 Å². The number of ether oxygens (including phenoxy) is 1. The Bertz CT molecular complexity index is 353. The lowest BCUT2D eigenvalue weighted by atomic mass is 10.0. The van der Waals surface area contributed by atoms with E-state index in [4.69, 9.17) is 5.53 Å². The second-order valence-electron chi connectivity index (χ2n) is 3.62. The Hall–Kier alpha value is -1.79. The second kappa shape index (κ2) is 6.07. The Kier molecular flexibility index (Phi) is 4.74. The van der Waals surface area contributed by atoms with Crippen molar-refractivity contribution in [3.8, 4) is 0 Å². The molecule has 1 saturated heterocycles. The van der Waals surface area contributed by atoms with E-state index in [0.29, 0.717) is 13.0 Å². The smallest absolute Gasteiger partial charge is 0.331 e. The predicted octanol–water partition coefficient (Wildman–Crippen LogP) is -0.178. The normalized spacial score (nSPS) is 17.8. The Morgan fingerprint density at radius 3 is 2.88 bits per heavy atom. The summed E-state index contributed by atoms with van der Waals surface area (Å²) in [6.07, 6.45) is -0.610. The van der Waals surface area contributed by atoms with Crippen molar-refractivity contribution in [2.45, 2.75) is 25.0 Å². The number of esters is 1. The van der Waals surface area contributed by atoms with Crippen molar-refractivity contribution in [1.29, 1.82) is 0 Å². The molecule has 0 aromatic heterocycles. The summed E-state index contributed by atoms with van der Waals surface area (Å²) in [5.74, 6) is -0.852. The van der Waals surface area contributed by atoms with Crippen LogP contribution in [0.5, 0.6) is 0 Å². The molecule has 1 aliphatic heterocycles. The van der Waals surface area contributed by atoms with Gasteiger partial charge in [-0.2, -0.15) is 0 Å². The van der Waals surface area contributed by atoms with Crippen molar-refractivity contribution in [3.05, 3.63) is 10.4 Å². The van der Waals surface area contributed by atoms with E-state index in [-0.39, 0.29) is 18.9 Å². The molecule has 1 fully saturated rings. The lowest BCUT2D eigenvalue weighted by molar-refractivity contribution is -0.164. The van der Waals surface area contributed by atoms with E-state index in [9.17, 15) is 14.7 Å². The van der Waals surface area contributed by atoms with Gasteiger partial charge in [-0.1, -0.05) is 5.11 Å². The largest absolute Gasteiger partial charge is 0.467 e. The van der Waals surface area contributed by atoms with Crippen molar-refractivity contribution in [2.75, 3.05) is 20.2 Å². The summed E-state index contributed by atoms with van der Waals surface area (Å²) >= 11 is 0. The fourth-order valence-corrected chi connectivity index (χ4v) is 1.63. The van der Waals surface area contributed by atoms with Crippen molar-refractivity contribution in [3.63, 3.8) is 0 Å². The van der Waals surface area contributed by atoms with Gasteiger partial charge < -0.3 is 14.7 Å². The quantitative estimate of drug-likeness (QED) is 0.228. The number of methoxy groups -OCH3 is 1. The number of β-lactam (4-membered cyclic amide) rings is 1. The first-order chi connectivity index (χ1) is 8.11. The average Bonchev–Trinajstić information content (AvgIpc) is 2.32. The number of aliphatic hydroxyl groups is 1. The SMILES string of the molecule is COC(=O)[C@H]([C@H](O)CCN=[N+]=[N-])N1CCC1=O. The highest BCUT2D eigenvalue weighted by atomic mass is 16.5. The first kappa shape index (κ1) is 13.3. The highest BCUT2D eigenvalue weighted by Crippen LogP contribution is 2.18. The number of hydrogen-bond donors (Lipinski definition) is 1. The third kappa shape index (κ3) is 3.08. The average molecular weight is 242 g/mol. The van der Waals surface area contributed by atoms with E-state index in [1.807, 2.05) is 0 Å². The van der Waals surface area contributed by atoms with Crippen LogP contribution in [-0.2, 0) is 14.3 Å². The molecule has 0 saturated carbocycles. The van der Waals surface area contributed by atoms with Gasteiger partial charge in [-0.3, -0.25) is 4.79 Å². The van der Waals surface area contributed by atoms with E-state index in [1.54, 1.807) is 0 Å². The lowest BCUT2D eigenvalue weighted by Gasteiger charge is -2.38. The maximum absolute atomic E-state index is 11.5. The monoisotopic (exact) mass is 242 g/mol. The van der Waals surface area contributed by atoms with Crippen molar-refractivity contribution in [1.82, 2.24) is 4.90 Å². The summed E-state index contributed by atoms with van der Waals surface area (Å²) < 4.78 is 4.55. The third-order valence-electron chi connectivity index (χ3n) is 2.62. The minimum absolute atomic E-state index is 0.0627. The fraction of sp³-hybridized carbons (Fsp3) is 0.778. The molecule has 1 amide bonds. The van der Waals surface area contributed by atoms with E-state index in [2.05, 4.69) is 14.8 Å². The topological polar surface area (TPSA) is 116 Å². The van der Waals surface area contributed by atoms with Gasteiger partial charge in [-0.05, 0) is 12.0 Å². The van der Waals surface area contributed by atoms with Crippen molar-refractivity contribution >= 4 is 11.9 Å². The molecule has 17 heavy (non-hydrogen) atoms. The third-order valence-corrected chi connectivity index (χ3v) is 2.62. The molecule has 1 heterocycles. The van der Waals surface area contributed by atoms with Gasteiger partial charge in [0.1, 0.15) is 0 Å². The van der Waals surface area contributed by atoms with Crippen LogP contribution in [0.15, 0.2) is 5.11 Å². The molecule has 94 valence electrons. The summed E-state index contributed by atoms with van der Waals surface area (Å²) in [4.78, 5) is 26.6. The summed E-state index contributed by atoms with van der Waals surface area (Å²) in [6, 6.07) is -1.00. The molecule has 2 atom stereocenters. The summed E-state index contributed by atoms with van der Waals surface area (Å²) in [5.41, 5.74) is 8.10. The van der Waals surface area contributed by atoms with Crippen LogP contribution in [0.2, 0.25) is 0 Å². The van der Waals surface area contributed by atoms with Gasteiger partial charge in [0, 0.05) is 24.4 Å². The standard InChI is InChI=1S/C9H14N4O4/c1-17-9(16)8(13-5-3-7(13)15)6(14)2-4-11-12-10/h6,8,14H,2-5H2,1H3/t6-,8+/m1/s1. The number of rotatable bonds is 6. The van der Waals surface area contributed by atoms with Crippen molar-refractivity contribution < 1.29 is 19.4 Å². The minimum Gasteiger partial charge on any atom is -0.467 e.